The van der Waals surface area contributed by atoms with Crippen LogP contribution in [0.25, 0.3) is 0 Å². The molecule has 3 heterocycles. The highest BCUT2D eigenvalue weighted by Gasteiger charge is 2.22. The first-order valence-corrected chi connectivity index (χ1v) is 10.1. The zero-order valence-corrected chi connectivity index (χ0v) is 17.4. The summed E-state index contributed by atoms with van der Waals surface area (Å²) in [5.74, 6) is -0.324. The fraction of sp³-hybridized carbons (Fsp3) is 0.455. The van der Waals surface area contributed by atoms with Crippen molar-refractivity contribution in [3.8, 4) is 0 Å². The number of hydrogen-bond acceptors (Lipinski definition) is 6. The SMILES string of the molecule is CC(=O)O.Cc1cc(C2CCCNC2)oc(=O)c1C(=O)NCCCc1cccnc1. The van der Waals surface area contributed by atoms with E-state index in [0.717, 1.165) is 51.3 Å². The summed E-state index contributed by atoms with van der Waals surface area (Å²) in [6.45, 7) is 5.18. The van der Waals surface area contributed by atoms with Gasteiger partial charge in [-0.25, -0.2) is 4.79 Å². The molecule has 30 heavy (non-hydrogen) atoms. The Kier molecular flexibility index (Phi) is 9.21. The largest absolute Gasteiger partial charge is 0.481 e. The Bertz CT molecular complexity index is 885. The van der Waals surface area contributed by atoms with E-state index in [1.807, 2.05) is 24.4 Å². The van der Waals surface area contributed by atoms with Crippen molar-refractivity contribution in [3.05, 3.63) is 63.5 Å². The van der Waals surface area contributed by atoms with Crippen LogP contribution in [0.15, 0.2) is 39.8 Å². The van der Waals surface area contributed by atoms with Gasteiger partial charge in [0.25, 0.3) is 11.9 Å². The van der Waals surface area contributed by atoms with Crippen LogP contribution in [0.4, 0.5) is 0 Å². The number of amides is 1. The number of aryl methyl sites for hydroxylation is 2. The molecule has 1 amide bonds. The van der Waals surface area contributed by atoms with Crippen molar-refractivity contribution in [2.24, 2.45) is 0 Å². The average Bonchev–Trinajstić information content (AvgIpc) is 2.72. The molecule has 1 aliphatic rings. The van der Waals surface area contributed by atoms with Gasteiger partial charge in [0.15, 0.2) is 0 Å². The number of aliphatic carboxylic acids is 1. The molecule has 1 aliphatic heterocycles. The Labute approximate surface area is 175 Å². The van der Waals surface area contributed by atoms with E-state index in [2.05, 4.69) is 15.6 Å². The lowest BCUT2D eigenvalue weighted by Crippen LogP contribution is -2.32. The van der Waals surface area contributed by atoms with E-state index in [1.165, 1.54) is 0 Å². The Morgan fingerprint density at radius 2 is 2.17 bits per heavy atom. The molecule has 1 atom stereocenters. The van der Waals surface area contributed by atoms with E-state index in [-0.39, 0.29) is 17.4 Å². The maximum Gasteiger partial charge on any atom is 0.349 e. The average molecular weight is 415 g/mol. The number of carboxylic acids is 1. The first kappa shape index (κ1) is 23.3. The normalized spacial score (nSPS) is 15.6. The molecule has 8 nitrogen and oxygen atoms in total. The van der Waals surface area contributed by atoms with Crippen molar-refractivity contribution in [1.29, 1.82) is 0 Å². The number of piperidine rings is 1. The molecule has 3 N–H and O–H groups in total. The van der Waals surface area contributed by atoms with Crippen LogP contribution in [-0.2, 0) is 11.2 Å². The molecule has 162 valence electrons. The predicted molar refractivity (Wildman–Crippen MR) is 113 cm³/mol. The number of pyridine rings is 1. The molecule has 3 rings (SSSR count). The summed E-state index contributed by atoms with van der Waals surface area (Å²) in [7, 11) is 0. The minimum Gasteiger partial charge on any atom is -0.481 e. The number of carboxylic acid groups (broad SMARTS) is 1. The summed E-state index contributed by atoms with van der Waals surface area (Å²) >= 11 is 0. The standard InChI is InChI=1S/C20H25N3O3.C2H4O2/c1-14-11-17(16-7-4-9-22-13-16)26-20(25)18(14)19(24)23-10-3-6-15-5-2-8-21-12-15;1-2(3)4/h2,5,8,11-12,16,22H,3-4,6-7,9-10,13H2,1H3,(H,23,24);1H3,(H,3,4). The highest BCUT2D eigenvalue weighted by Crippen LogP contribution is 2.23. The van der Waals surface area contributed by atoms with Crippen LogP contribution >= 0.6 is 0 Å². The lowest BCUT2D eigenvalue weighted by Gasteiger charge is -2.22. The number of rotatable bonds is 6. The van der Waals surface area contributed by atoms with Gasteiger partial charge in [0.2, 0.25) is 0 Å². The first-order chi connectivity index (χ1) is 14.4. The smallest absolute Gasteiger partial charge is 0.349 e. The van der Waals surface area contributed by atoms with Crippen molar-refractivity contribution in [2.75, 3.05) is 19.6 Å². The molecule has 0 spiro atoms. The molecule has 0 radical (unpaired) electrons. The van der Waals surface area contributed by atoms with E-state index in [1.54, 1.807) is 13.1 Å². The van der Waals surface area contributed by atoms with Gasteiger partial charge in [0.1, 0.15) is 11.3 Å². The number of carbonyl (C=O) groups is 2. The molecule has 1 saturated heterocycles. The molecule has 0 aliphatic carbocycles. The number of carbonyl (C=O) groups excluding carboxylic acids is 1. The highest BCUT2D eigenvalue weighted by atomic mass is 16.4. The van der Waals surface area contributed by atoms with E-state index < -0.39 is 11.6 Å². The lowest BCUT2D eigenvalue weighted by atomic mass is 9.95. The highest BCUT2D eigenvalue weighted by molar-refractivity contribution is 5.95. The molecular formula is C22H29N3O5. The second-order valence-electron chi connectivity index (χ2n) is 7.28. The first-order valence-electron chi connectivity index (χ1n) is 10.1. The minimum atomic E-state index is -0.833. The van der Waals surface area contributed by atoms with Gasteiger partial charge in [-0.1, -0.05) is 6.07 Å². The third-order valence-electron chi connectivity index (χ3n) is 4.74. The summed E-state index contributed by atoms with van der Waals surface area (Å²) in [6.07, 6.45) is 7.23. The molecule has 2 aromatic rings. The zero-order chi connectivity index (χ0) is 21.9. The van der Waals surface area contributed by atoms with Crippen LogP contribution in [0.1, 0.15) is 59.3 Å². The molecule has 0 bridgehead atoms. The topological polar surface area (TPSA) is 122 Å². The number of nitrogens with one attached hydrogen (secondary N) is 2. The van der Waals surface area contributed by atoms with Gasteiger partial charge in [-0.15, -0.1) is 0 Å². The number of hydrogen-bond donors (Lipinski definition) is 3. The van der Waals surface area contributed by atoms with Gasteiger partial charge < -0.3 is 20.2 Å². The van der Waals surface area contributed by atoms with Crippen LogP contribution in [0.2, 0.25) is 0 Å². The van der Waals surface area contributed by atoms with Gasteiger partial charge in [-0.05, 0) is 62.4 Å². The van der Waals surface area contributed by atoms with E-state index >= 15 is 0 Å². The Morgan fingerprint density at radius 3 is 2.77 bits per heavy atom. The Balaban J connectivity index is 0.000000735. The minimum absolute atomic E-state index is 0.110. The molecule has 1 fully saturated rings. The van der Waals surface area contributed by atoms with Crippen molar-refractivity contribution < 1.29 is 19.1 Å². The predicted octanol–water partition coefficient (Wildman–Crippen LogP) is 2.26. The van der Waals surface area contributed by atoms with Crippen molar-refractivity contribution in [1.82, 2.24) is 15.6 Å². The third kappa shape index (κ3) is 7.44. The third-order valence-corrected chi connectivity index (χ3v) is 4.74. The Hall–Kier alpha value is -3.00. The zero-order valence-electron chi connectivity index (χ0n) is 17.4. The second-order valence-corrected chi connectivity index (χ2v) is 7.28. The van der Waals surface area contributed by atoms with Crippen molar-refractivity contribution in [3.63, 3.8) is 0 Å². The monoisotopic (exact) mass is 415 g/mol. The van der Waals surface area contributed by atoms with E-state index in [0.29, 0.717) is 17.9 Å². The molecule has 0 saturated carbocycles. The molecular weight excluding hydrogens is 386 g/mol. The summed E-state index contributed by atoms with van der Waals surface area (Å²) in [5.41, 5.74) is 1.36. The second kappa shape index (κ2) is 11.9. The molecule has 2 aromatic heterocycles. The lowest BCUT2D eigenvalue weighted by molar-refractivity contribution is -0.134. The number of aromatic nitrogens is 1. The molecule has 1 unspecified atom stereocenters. The quantitative estimate of drug-likeness (QED) is 0.619. The van der Waals surface area contributed by atoms with Crippen LogP contribution in [0, 0.1) is 6.92 Å². The fourth-order valence-electron chi connectivity index (χ4n) is 3.33. The van der Waals surface area contributed by atoms with E-state index in [4.69, 9.17) is 14.3 Å². The van der Waals surface area contributed by atoms with E-state index in [9.17, 15) is 9.59 Å². The maximum atomic E-state index is 12.4. The van der Waals surface area contributed by atoms with Gasteiger partial charge in [0.05, 0.1) is 0 Å². The van der Waals surface area contributed by atoms with Gasteiger partial charge in [-0.3, -0.25) is 14.6 Å². The molecule has 0 aromatic carbocycles. The van der Waals surface area contributed by atoms with Crippen LogP contribution in [0.3, 0.4) is 0 Å². The Morgan fingerprint density at radius 1 is 1.40 bits per heavy atom. The van der Waals surface area contributed by atoms with Gasteiger partial charge in [0, 0.05) is 38.3 Å². The fourth-order valence-corrected chi connectivity index (χ4v) is 3.33. The number of nitrogens with zero attached hydrogens (tertiary/aromatic N) is 1. The van der Waals surface area contributed by atoms with Crippen LogP contribution in [-0.4, -0.2) is 41.6 Å². The summed E-state index contributed by atoms with van der Waals surface area (Å²) in [6, 6.07) is 5.74. The maximum absolute atomic E-state index is 12.4. The molecule has 8 heteroatoms. The summed E-state index contributed by atoms with van der Waals surface area (Å²) < 4.78 is 5.46. The van der Waals surface area contributed by atoms with Gasteiger partial charge in [-0.2, -0.15) is 0 Å². The van der Waals surface area contributed by atoms with Crippen LogP contribution in [0.5, 0.6) is 0 Å². The van der Waals surface area contributed by atoms with Crippen molar-refractivity contribution >= 4 is 11.9 Å². The summed E-state index contributed by atoms with van der Waals surface area (Å²) in [4.78, 5) is 37.8. The van der Waals surface area contributed by atoms with Gasteiger partial charge >= 0.3 is 5.63 Å². The van der Waals surface area contributed by atoms with Crippen LogP contribution < -0.4 is 16.3 Å². The summed E-state index contributed by atoms with van der Waals surface area (Å²) in [5, 5.41) is 13.5. The van der Waals surface area contributed by atoms with Crippen molar-refractivity contribution in [2.45, 2.75) is 45.4 Å².